The van der Waals surface area contributed by atoms with E-state index in [1.807, 2.05) is 0 Å². The van der Waals surface area contributed by atoms with Crippen molar-refractivity contribution in [2.45, 2.75) is 44.0 Å². The second-order valence-corrected chi connectivity index (χ2v) is 6.11. The van der Waals surface area contributed by atoms with Crippen molar-refractivity contribution in [2.75, 3.05) is 11.4 Å². The molecule has 0 heterocycles. The molecule has 0 spiro atoms. The van der Waals surface area contributed by atoms with Gasteiger partial charge in [-0.2, -0.15) is 0 Å². The molecular weight excluding hydrogens is 342 g/mol. The first-order valence-electron chi connectivity index (χ1n) is 6.37. The fourth-order valence-corrected chi connectivity index (χ4v) is 3.08. The molecule has 17 heavy (non-hydrogen) atoms. The minimum atomic E-state index is 0.785. The molecule has 1 nitrogen and oxygen atoms in total. The number of unbranched alkanes of at least 4 members (excludes halogenated alkanes) is 1. The van der Waals surface area contributed by atoms with Gasteiger partial charge in [0.15, 0.2) is 0 Å². The molecular formula is C14H19Br2N. The van der Waals surface area contributed by atoms with Gasteiger partial charge in [-0.25, -0.2) is 0 Å². The Balaban J connectivity index is 2.16. The third-order valence-corrected chi connectivity index (χ3v) is 4.50. The number of hydrogen-bond acceptors (Lipinski definition) is 1. The first kappa shape index (κ1) is 13.4. The summed E-state index contributed by atoms with van der Waals surface area (Å²) in [4.78, 5) is 2.57. The highest BCUT2D eigenvalue weighted by molar-refractivity contribution is 9.10. The molecule has 1 fully saturated rings. The molecule has 1 aromatic rings. The van der Waals surface area contributed by atoms with Crippen LogP contribution in [0.5, 0.6) is 0 Å². The summed E-state index contributed by atoms with van der Waals surface area (Å²) >= 11 is 7.22. The summed E-state index contributed by atoms with van der Waals surface area (Å²) in [7, 11) is 0. The van der Waals surface area contributed by atoms with Crippen molar-refractivity contribution in [1.82, 2.24) is 0 Å². The summed E-state index contributed by atoms with van der Waals surface area (Å²) in [6.07, 6.45) is 5.26. The van der Waals surface area contributed by atoms with Crippen LogP contribution in [-0.4, -0.2) is 12.6 Å². The maximum absolute atomic E-state index is 3.71. The lowest BCUT2D eigenvalue weighted by molar-refractivity contribution is 0.712. The van der Waals surface area contributed by atoms with Crippen molar-refractivity contribution in [1.29, 1.82) is 0 Å². The Labute approximate surface area is 121 Å². The predicted molar refractivity (Wildman–Crippen MR) is 82.0 cm³/mol. The Morgan fingerprint density at radius 1 is 1.35 bits per heavy atom. The molecule has 2 rings (SSSR count). The van der Waals surface area contributed by atoms with Gasteiger partial charge in [0.1, 0.15) is 0 Å². The molecule has 0 N–H and O–H groups in total. The second kappa shape index (κ2) is 6.24. The van der Waals surface area contributed by atoms with E-state index in [4.69, 9.17) is 0 Å². The predicted octanol–water partition coefficient (Wildman–Crippen LogP) is 5.11. The highest BCUT2D eigenvalue weighted by Gasteiger charge is 2.29. The SMILES string of the molecule is CCCCN(c1ccc(CBr)cc1Br)C1CC1. The monoisotopic (exact) mass is 359 g/mol. The molecule has 0 aliphatic heterocycles. The van der Waals surface area contributed by atoms with Crippen molar-refractivity contribution in [3.05, 3.63) is 28.2 Å². The van der Waals surface area contributed by atoms with E-state index in [9.17, 15) is 0 Å². The van der Waals surface area contributed by atoms with E-state index in [0.717, 1.165) is 11.4 Å². The van der Waals surface area contributed by atoms with Crippen molar-refractivity contribution >= 4 is 37.5 Å². The lowest BCUT2D eigenvalue weighted by atomic mass is 10.2. The molecule has 0 radical (unpaired) electrons. The standard InChI is InChI=1S/C14H19Br2N/c1-2-3-8-17(12-5-6-12)14-7-4-11(10-15)9-13(14)16/h4,7,9,12H,2-3,5-6,8,10H2,1H3. The van der Waals surface area contributed by atoms with Crippen molar-refractivity contribution in [2.24, 2.45) is 0 Å². The molecule has 1 aromatic carbocycles. The molecule has 1 aliphatic carbocycles. The van der Waals surface area contributed by atoms with Crippen LogP contribution in [-0.2, 0) is 5.33 Å². The largest absolute Gasteiger partial charge is 0.368 e. The Morgan fingerprint density at radius 3 is 2.65 bits per heavy atom. The molecule has 0 amide bonds. The van der Waals surface area contributed by atoms with Crippen LogP contribution in [0.25, 0.3) is 0 Å². The zero-order valence-electron chi connectivity index (χ0n) is 10.3. The normalized spacial score (nSPS) is 15.0. The van der Waals surface area contributed by atoms with Crippen LogP contribution < -0.4 is 4.90 Å². The van der Waals surface area contributed by atoms with Crippen LogP contribution in [0, 0.1) is 0 Å². The number of rotatable bonds is 6. The Morgan fingerprint density at radius 2 is 2.12 bits per heavy atom. The molecule has 0 atom stereocenters. The summed E-state index contributed by atoms with van der Waals surface area (Å²) in [5, 5.41) is 0.921. The Bertz CT molecular complexity index is 374. The van der Waals surface area contributed by atoms with Gasteiger partial charge in [0.05, 0.1) is 5.69 Å². The number of hydrogen-bond donors (Lipinski definition) is 0. The highest BCUT2D eigenvalue weighted by Crippen LogP contribution is 2.36. The number of benzene rings is 1. The third-order valence-electron chi connectivity index (χ3n) is 3.22. The topological polar surface area (TPSA) is 3.24 Å². The van der Waals surface area contributed by atoms with Gasteiger partial charge in [0.25, 0.3) is 0 Å². The van der Waals surface area contributed by atoms with E-state index in [0.29, 0.717) is 0 Å². The van der Waals surface area contributed by atoms with E-state index in [1.165, 1.54) is 48.0 Å². The molecule has 1 aliphatic rings. The summed E-state index contributed by atoms with van der Waals surface area (Å²) in [6, 6.07) is 7.49. The Kier molecular flexibility index (Phi) is 4.92. The second-order valence-electron chi connectivity index (χ2n) is 4.70. The van der Waals surface area contributed by atoms with Crippen molar-refractivity contribution < 1.29 is 0 Å². The van der Waals surface area contributed by atoms with Crippen molar-refractivity contribution in [3.8, 4) is 0 Å². The van der Waals surface area contributed by atoms with Crippen LogP contribution >= 0.6 is 31.9 Å². The zero-order chi connectivity index (χ0) is 12.3. The molecule has 1 saturated carbocycles. The van der Waals surface area contributed by atoms with E-state index < -0.39 is 0 Å². The molecule has 0 saturated heterocycles. The average Bonchev–Trinajstić information content (AvgIpc) is 3.15. The van der Waals surface area contributed by atoms with Gasteiger partial charge < -0.3 is 4.90 Å². The van der Waals surface area contributed by atoms with Crippen LogP contribution in [0.2, 0.25) is 0 Å². The minimum Gasteiger partial charge on any atom is -0.368 e. The summed E-state index contributed by atoms with van der Waals surface area (Å²) in [5.41, 5.74) is 2.69. The third kappa shape index (κ3) is 3.47. The number of nitrogens with zero attached hydrogens (tertiary/aromatic N) is 1. The van der Waals surface area contributed by atoms with Crippen LogP contribution in [0.3, 0.4) is 0 Å². The lowest BCUT2D eigenvalue weighted by Gasteiger charge is -2.26. The smallest absolute Gasteiger partial charge is 0.0513 e. The van der Waals surface area contributed by atoms with E-state index >= 15 is 0 Å². The molecule has 0 unspecified atom stereocenters. The van der Waals surface area contributed by atoms with Gasteiger partial charge in [-0.05, 0) is 52.9 Å². The first-order chi connectivity index (χ1) is 8.26. The van der Waals surface area contributed by atoms with E-state index in [2.05, 4.69) is 61.9 Å². The van der Waals surface area contributed by atoms with Crippen LogP contribution in [0.1, 0.15) is 38.2 Å². The molecule has 0 aromatic heterocycles. The number of halogens is 2. The van der Waals surface area contributed by atoms with Crippen molar-refractivity contribution in [3.63, 3.8) is 0 Å². The minimum absolute atomic E-state index is 0.785. The van der Waals surface area contributed by atoms with Gasteiger partial charge >= 0.3 is 0 Å². The molecule has 3 heteroatoms. The van der Waals surface area contributed by atoms with Gasteiger partial charge in [-0.15, -0.1) is 0 Å². The zero-order valence-corrected chi connectivity index (χ0v) is 13.4. The summed E-state index contributed by atoms with van der Waals surface area (Å²) < 4.78 is 1.23. The van der Waals surface area contributed by atoms with E-state index in [-0.39, 0.29) is 0 Å². The fraction of sp³-hybridized carbons (Fsp3) is 0.571. The summed E-state index contributed by atoms with van der Waals surface area (Å²) in [6.45, 7) is 3.45. The fourth-order valence-electron chi connectivity index (χ4n) is 2.08. The first-order valence-corrected chi connectivity index (χ1v) is 8.28. The maximum Gasteiger partial charge on any atom is 0.0513 e. The highest BCUT2D eigenvalue weighted by atomic mass is 79.9. The van der Waals surface area contributed by atoms with Crippen LogP contribution in [0.15, 0.2) is 22.7 Å². The quantitative estimate of drug-likeness (QED) is 0.637. The average molecular weight is 361 g/mol. The van der Waals surface area contributed by atoms with E-state index in [1.54, 1.807) is 0 Å². The summed E-state index contributed by atoms with van der Waals surface area (Å²) in [5.74, 6) is 0. The lowest BCUT2D eigenvalue weighted by Crippen LogP contribution is -2.27. The van der Waals surface area contributed by atoms with Gasteiger partial charge in [0.2, 0.25) is 0 Å². The number of anilines is 1. The molecule has 0 bridgehead atoms. The van der Waals surface area contributed by atoms with Gasteiger partial charge in [0, 0.05) is 22.4 Å². The molecule has 94 valence electrons. The Hall–Kier alpha value is -0.0200. The maximum atomic E-state index is 3.71. The van der Waals surface area contributed by atoms with Gasteiger partial charge in [-0.3, -0.25) is 0 Å². The number of alkyl halides is 1. The van der Waals surface area contributed by atoms with Crippen LogP contribution in [0.4, 0.5) is 5.69 Å². The van der Waals surface area contributed by atoms with Gasteiger partial charge in [-0.1, -0.05) is 35.3 Å².